The summed E-state index contributed by atoms with van der Waals surface area (Å²) >= 11 is 0. The summed E-state index contributed by atoms with van der Waals surface area (Å²) in [5.41, 5.74) is 1.46. The van der Waals surface area contributed by atoms with Crippen molar-refractivity contribution < 1.29 is 24.6 Å². The van der Waals surface area contributed by atoms with Crippen LogP contribution in [0, 0.1) is 17.3 Å². The first-order valence-electron chi connectivity index (χ1n) is 12.3. The number of nitrogens with zero attached hydrogens (tertiary/aromatic N) is 1. The first-order valence-corrected chi connectivity index (χ1v) is 12.3. The van der Waals surface area contributed by atoms with E-state index in [1.165, 1.54) is 17.4 Å². The molecule has 2 N–H and O–H groups in total. The van der Waals surface area contributed by atoms with Gasteiger partial charge in [-0.1, -0.05) is 36.3 Å². The Hall–Kier alpha value is -2.02. The number of carbonyl (C=O) groups is 1. The summed E-state index contributed by atoms with van der Waals surface area (Å²) in [6, 6.07) is 8.18. The molecule has 6 heteroatoms. The number of epoxide rings is 1. The fourth-order valence-electron chi connectivity index (χ4n) is 8.58. The molecule has 2 spiro atoms. The highest BCUT2D eigenvalue weighted by Gasteiger charge is 2.83. The monoisotopic (exact) mass is 451 g/mol. The molecule has 176 valence electrons. The number of oxime groups is 1. The van der Waals surface area contributed by atoms with Gasteiger partial charge in [-0.3, -0.25) is 4.79 Å². The van der Waals surface area contributed by atoms with Gasteiger partial charge in [0.05, 0.1) is 18.4 Å². The Balaban J connectivity index is 1.48. The van der Waals surface area contributed by atoms with Gasteiger partial charge >= 0.3 is 0 Å². The van der Waals surface area contributed by atoms with E-state index in [2.05, 4.69) is 24.2 Å². The number of carbonyl (C=O) groups excluding carboxylic acids is 1. The molecule has 4 aliphatic carbocycles. The third kappa shape index (κ3) is 2.60. The van der Waals surface area contributed by atoms with Gasteiger partial charge in [-0.25, -0.2) is 0 Å². The lowest BCUT2D eigenvalue weighted by Gasteiger charge is -2.56. The highest BCUT2D eigenvalue weighted by atomic mass is 16.6. The van der Waals surface area contributed by atoms with E-state index in [9.17, 15) is 9.90 Å². The molecule has 7 atom stereocenters. The van der Waals surface area contributed by atoms with E-state index < -0.39 is 5.60 Å². The first kappa shape index (κ1) is 21.5. The van der Waals surface area contributed by atoms with Crippen LogP contribution >= 0.6 is 0 Å². The van der Waals surface area contributed by atoms with Gasteiger partial charge in [0.15, 0.2) is 5.78 Å². The fraction of sp³-hybridized carbons (Fsp3) is 0.630. The Morgan fingerprint density at radius 3 is 2.70 bits per heavy atom. The van der Waals surface area contributed by atoms with Crippen molar-refractivity contribution >= 4 is 12.0 Å². The summed E-state index contributed by atoms with van der Waals surface area (Å²) in [4.78, 5) is 12.3. The summed E-state index contributed by atoms with van der Waals surface area (Å²) in [7, 11) is 1.67. The molecule has 6 nitrogen and oxygen atoms in total. The molecule has 5 aliphatic rings. The van der Waals surface area contributed by atoms with Crippen LogP contribution in [0.1, 0.15) is 68.9 Å². The fourth-order valence-corrected chi connectivity index (χ4v) is 8.58. The van der Waals surface area contributed by atoms with Crippen molar-refractivity contribution in [1.82, 2.24) is 0 Å². The van der Waals surface area contributed by atoms with Crippen LogP contribution in [0.2, 0.25) is 0 Å². The number of hydrogen-bond donors (Lipinski definition) is 2. The molecule has 0 unspecified atom stereocenters. The summed E-state index contributed by atoms with van der Waals surface area (Å²) in [5, 5.41) is 23.9. The van der Waals surface area contributed by atoms with Gasteiger partial charge in [0.25, 0.3) is 0 Å². The molecular weight excluding hydrogens is 418 g/mol. The standard InChI is InChI=1S/C27H33NO5/c1-24-14-23(18-5-3-17(4-6-18)15-28-31)27-22(21(24)10-11-25(24,30)16-32-2)8-7-19-13-20(29)9-12-26(19,27)33-27/h3-6,13,15,21-23,30-31H,7-12,14,16H2,1-2H3/b28-15-/t21-,22-,23+,24-,25+,26-,27-/m0/s1. The van der Waals surface area contributed by atoms with Crippen molar-refractivity contribution in [3.8, 4) is 0 Å². The Morgan fingerprint density at radius 1 is 1.18 bits per heavy atom. The number of rotatable bonds is 4. The van der Waals surface area contributed by atoms with Crippen molar-refractivity contribution in [3.05, 3.63) is 47.0 Å². The zero-order chi connectivity index (χ0) is 23.1. The summed E-state index contributed by atoms with van der Waals surface area (Å²) in [6.07, 6.45) is 9.08. The first-order chi connectivity index (χ1) is 15.8. The molecule has 1 aliphatic heterocycles. The number of aliphatic hydroxyl groups is 1. The maximum atomic E-state index is 12.3. The van der Waals surface area contributed by atoms with Gasteiger partial charge in [0.2, 0.25) is 0 Å². The molecule has 1 aromatic carbocycles. The van der Waals surface area contributed by atoms with Crippen molar-refractivity contribution in [2.45, 2.75) is 74.6 Å². The molecule has 1 aromatic rings. The third-order valence-corrected chi connectivity index (χ3v) is 10.1. The van der Waals surface area contributed by atoms with E-state index >= 15 is 0 Å². The van der Waals surface area contributed by atoms with Gasteiger partial charge in [0, 0.05) is 24.9 Å². The molecule has 1 heterocycles. The number of hydrogen-bond acceptors (Lipinski definition) is 6. The second-order valence-electron chi connectivity index (χ2n) is 11.2. The van der Waals surface area contributed by atoms with Crippen LogP contribution in [0.4, 0.5) is 0 Å². The number of benzene rings is 1. The molecule has 0 radical (unpaired) electrons. The lowest BCUT2D eigenvalue weighted by Crippen LogP contribution is -2.60. The van der Waals surface area contributed by atoms with Gasteiger partial charge in [-0.15, -0.1) is 0 Å². The van der Waals surface area contributed by atoms with E-state index in [1.54, 1.807) is 7.11 Å². The van der Waals surface area contributed by atoms with Crippen LogP contribution in [0.5, 0.6) is 0 Å². The molecule has 0 bridgehead atoms. The van der Waals surface area contributed by atoms with Crippen molar-refractivity contribution in [2.75, 3.05) is 13.7 Å². The lowest BCUT2D eigenvalue weighted by molar-refractivity contribution is -0.147. The molecular formula is C27H33NO5. The maximum Gasteiger partial charge on any atom is 0.155 e. The van der Waals surface area contributed by atoms with Crippen LogP contribution in [0.3, 0.4) is 0 Å². The predicted molar refractivity (Wildman–Crippen MR) is 122 cm³/mol. The second kappa shape index (κ2) is 7.00. The zero-order valence-electron chi connectivity index (χ0n) is 19.4. The van der Waals surface area contributed by atoms with E-state index in [1.807, 2.05) is 18.2 Å². The van der Waals surface area contributed by atoms with E-state index in [-0.39, 0.29) is 28.3 Å². The second-order valence-corrected chi connectivity index (χ2v) is 11.2. The molecule has 33 heavy (non-hydrogen) atoms. The van der Waals surface area contributed by atoms with Crippen molar-refractivity contribution in [1.29, 1.82) is 0 Å². The third-order valence-electron chi connectivity index (χ3n) is 10.1. The number of fused-ring (bicyclic) bond motifs is 2. The van der Waals surface area contributed by atoms with Crippen LogP contribution in [-0.2, 0) is 14.3 Å². The summed E-state index contributed by atoms with van der Waals surface area (Å²) in [5.74, 6) is 1.05. The molecule has 0 amide bonds. The normalized spacial score (nSPS) is 45.7. The minimum atomic E-state index is -0.851. The Morgan fingerprint density at radius 2 is 1.97 bits per heavy atom. The van der Waals surface area contributed by atoms with Crippen LogP contribution < -0.4 is 0 Å². The maximum absolute atomic E-state index is 12.3. The zero-order valence-corrected chi connectivity index (χ0v) is 19.4. The van der Waals surface area contributed by atoms with Crippen molar-refractivity contribution in [3.63, 3.8) is 0 Å². The van der Waals surface area contributed by atoms with E-state index in [0.717, 1.165) is 44.1 Å². The molecule has 4 fully saturated rings. The Bertz CT molecular complexity index is 1050. The largest absolute Gasteiger partial charge is 0.411 e. The minimum absolute atomic E-state index is 0.113. The summed E-state index contributed by atoms with van der Waals surface area (Å²) in [6.45, 7) is 2.62. The number of methoxy groups -OCH3 is 1. The Labute approximate surface area is 194 Å². The van der Waals surface area contributed by atoms with Gasteiger partial charge in [-0.05, 0) is 73.1 Å². The average Bonchev–Trinajstić information content (AvgIpc) is 3.41. The Kier molecular flexibility index (Phi) is 4.56. The number of ketones is 1. The van der Waals surface area contributed by atoms with E-state index in [0.29, 0.717) is 24.9 Å². The highest BCUT2D eigenvalue weighted by Crippen LogP contribution is 2.79. The van der Waals surface area contributed by atoms with Crippen LogP contribution in [-0.4, -0.2) is 52.8 Å². The quantitative estimate of drug-likeness (QED) is 0.313. The average molecular weight is 452 g/mol. The smallest absolute Gasteiger partial charge is 0.155 e. The topological polar surface area (TPSA) is 91.7 Å². The molecule has 1 saturated heterocycles. The van der Waals surface area contributed by atoms with Crippen LogP contribution in [0.25, 0.3) is 0 Å². The molecule has 6 rings (SSSR count). The predicted octanol–water partition coefficient (Wildman–Crippen LogP) is 3.98. The molecule has 0 aromatic heterocycles. The van der Waals surface area contributed by atoms with Crippen LogP contribution in [0.15, 0.2) is 41.1 Å². The SMILES string of the molecule is COC[C@]1(O)CC[C@H]2[C@@H]3CCC4=CC(=O)CC[C@]45O[C@]35[C@@H](c3ccc(/C=N\O)cc3)C[C@@]21C. The number of ether oxygens (including phenoxy) is 2. The van der Waals surface area contributed by atoms with Gasteiger partial charge in [-0.2, -0.15) is 0 Å². The summed E-state index contributed by atoms with van der Waals surface area (Å²) < 4.78 is 12.5. The van der Waals surface area contributed by atoms with Gasteiger partial charge < -0.3 is 19.8 Å². The van der Waals surface area contributed by atoms with Gasteiger partial charge in [0.1, 0.15) is 11.2 Å². The molecule has 3 saturated carbocycles. The van der Waals surface area contributed by atoms with E-state index in [4.69, 9.17) is 14.7 Å². The minimum Gasteiger partial charge on any atom is -0.411 e. The highest BCUT2D eigenvalue weighted by molar-refractivity contribution is 5.92. The lowest BCUT2D eigenvalue weighted by atomic mass is 9.46. The van der Waals surface area contributed by atoms with Crippen molar-refractivity contribution in [2.24, 2.45) is 22.4 Å².